The first-order chi connectivity index (χ1) is 6.25. The van der Waals surface area contributed by atoms with E-state index in [0.29, 0.717) is 9.73 Å². The number of rotatable bonds is 5. The van der Waals surface area contributed by atoms with Gasteiger partial charge in [0.2, 0.25) is 0 Å². The zero-order valence-corrected chi connectivity index (χ0v) is 10.5. The van der Waals surface area contributed by atoms with E-state index in [1.54, 1.807) is 32.8 Å². The molecule has 0 saturated heterocycles. The molecule has 1 atom stereocenters. The summed E-state index contributed by atoms with van der Waals surface area (Å²) in [5.74, 6) is -0.945. The zero-order chi connectivity index (χ0) is 11.5. The molecule has 14 heavy (non-hydrogen) atoms. The standard InChI is InChI=1S/C9H15NO2S2/c1-6(13)5-9(7(2)14,8(11)12)10(3)4/h5H2,1-4H3,(H,11,12). The average molecular weight is 233 g/mol. The Morgan fingerprint density at radius 2 is 1.79 bits per heavy atom. The van der Waals surface area contributed by atoms with E-state index < -0.39 is 11.5 Å². The third-order valence-electron chi connectivity index (χ3n) is 2.20. The van der Waals surface area contributed by atoms with Gasteiger partial charge in [0.25, 0.3) is 0 Å². The highest BCUT2D eigenvalue weighted by Crippen LogP contribution is 2.21. The molecule has 0 aliphatic heterocycles. The van der Waals surface area contributed by atoms with Gasteiger partial charge in [0.05, 0.1) is 0 Å². The zero-order valence-electron chi connectivity index (χ0n) is 8.83. The minimum atomic E-state index is -1.14. The Balaban J connectivity index is 5.27. The first-order valence-electron chi connectivity index (χ1n) is 4.16. The van der Waals surface area contributed by atoms with Crippen LogP contribution in [0.5, 0.6) is 0 Å². The highest BCUT2D eigenvalue weighted by atomic mass is 32.1. The molecule has 3 nitrogen and oxygen atoms in total. The van der Waals surface area contributed by atoms with Gasteiger partial charge in [-0.3, -0.25) is 4.90 Å². The van der Waals surface area contributed by atoms with Gasteiger partial charge in [-0.25, -0.2) is 4.79 Å². The van der Waals surface area contributed by atoms with Gasteiger partial charge in [0, 0.05) is 11.3 Å². The van der Waals surface area contributed by atoms with E-state index in [-0.39, 0.29) is 6.42 Å². The summed E-state index contributed by atoms with van der Waals surface area (Å²) in [6, 6.07) is 0. The lowest BCUT2D eigenvalue weighted by molar-refractivity contribution is -0.145. The van der Waals surface area contributed by atoms with E-state index >= 15 is 0 Å². The SMILES string of the molecule is CC(=S)CC(C(=O)O)(C(C)=S)N(C)C. The van der Waals surface area contributed by atoms with Crippen LogP contribution < -0.4 is 0 Å². The summed E-state index contributed by atoms with van der Waals surface area (Å²) in [7, 11) is 3.39. The van der Waals surface area contributed by atoms with Crippen LogP contribution in [0.1, 0.15) is 20.3 Å². The number of hydrogen-bond acceptors (Lipinski definition) is 4. The summed E-state index contributed by atoms with van der Waals surface area (Å²) >= 11 is 9.97. The van der Waals surface area contributed by atoms with Crippen molar-refractivity contribution in [2.45, 2.75) is 25.8 Å². The largest absolute Gasteiger partial charge is 0.480 e. The number of hydrogen-bond donors (Lipinski definition) is 1. The molecule has 0 aliphatic rings. The lowest BCUT2D eigenvalue weighted by Crippen LogP contribution is -2.56. The second-order valence-corrected chi connectivity index (χ2v) is 4.80. The van der Waals surface area contributed by atoms with Crippen molar-refractivity contribution < 1.29 is 9.90 Å². The fraction of sp³-hybridized carbons (Fsp3) is 0.667. The fourth-order valence-corrected chi connectivity index (χ4v) is 1.93. The van der Waals surface area contributed by atoms with Gasteiger partial charge in [-0.1, -0.05) is 24.4 Å². The van der Waals surface area contributed by atoms with Gasteiger partial charge in [0.15, 0.2) is 5.54 Å². The molecular formula is C9H15NO2S2. The van der Waals surface area contributed by atoms with E-state index in [4.69, 9.17) is 24.4 Å². The first-order valence-corrected chi connectivity index (χ1v) is 4.98. The van der Waals surface area contributed by atoms with Gasteiger partial charge >= 0.3 is 5.97 Å². The molecular weight excluding hydrogens is 218 g/mol. The predicted octanol–water partition coefficient (Wildman–Crippen LogP) is 1.54. The summed E-state index contributed by atoms with van der Waals surface area (Å²) in [6.45, 7) is 3.37. The van der Waals surface area contributed by atoms with Crippen molar-refractivity contribution in [3.8, 4) is 0 Å². The molecule has 0 aromatic heterocycles. The van der Waals surface area contributed by atoms with Crippen LogP contribution in [0.4, 0.5) is 0 Å². The van der Waals surface area contributed by atoms with E-state index in [1.165, 1.54) is 0 Å². The highest BCUT2D eigenvalue weighted by Gasteiger charge is 2.43. The lowest BCUT2D eigenvalue weighted by Gasteiger charge is -2.35. The van der Waals surface area contributed by atoms with Crippen molar-refractivity contribution in [2.24, 2.45) is 0 Å². The summed E-state index contributed by atoms with van der Waals surface area (Å²) in [5.41, 5.74) is -1.14. The minimum Gasteiger partial charge on any atom is -0.480 e. The van der Waals surface area contributed by atoms with E-state index in [2.05, 4.69) is 0 Å². The number of carboxylic acid groups (broad SMARTS) is 1. The van der Waals surface area contributed by atoms with Crippen LogP contribution in [0.15, 0.2) is 0 Å². The number of carbonyl (C=O) groups is 1. The molecule has 0 heterocycles. The van der Waals surface area contributed by atoms with Crippen molar-refractivity contribution in [3.05, 3.63) is 0 Å². The van der Waals surface area contributed by atoms with Gasteiger partial charge in [0.1, 0.15) is 0 Å². The maximum atomic E-state index is 11.3. The van der Waals surface area contributed by atoms with Crippen molar-refractivity contribution >= 4 is 40.1 Å². The Bertz CT molecular complexity index is 260. The van der Waals surface area contributed by atoms with E-state index in [9.17, 15) is 9.90 Å². The van der Waals surface area contributed by atoms with Gasteiger partial charge in [-0.2, -0.15) is 0 Å². The van der Waals surface area contributed by atoms with Crippen LogP contribution >= 0.6 is 24.4 Å². The Labute approximate surface area is 95.1 Å². The van der Waals surface area contributed by atoms with Gasteiger partial charge in [-0.05, 0) is 32.8 Å². The van der Waals surface area contributed by atoms with Crippen LogP contribution in [0, 0.1) is 0 Å². The lowest BCUT2D eigenvalue weighted by atomic mass is 9.89. The summed E-state index contributed by atoms with van der Waals surface area (Å²) in [5, 5.41) is 9.22. The minimum absolute atomic E-state index is 0.278. The number of carboxylic acids is 1. The molecule has 0 saturated carbocycles. The smallest absolute Gasteiger partial charge is 0.329 e. The molecule has 0 amide bonds. The summed E-state index contributed by atoms with van der Waals surface area (Å²) in [4.78, 5) is 13.9. The Morgan fingerprint density at radius 1 is 1.36 bits per heavy atom. The number of thiocarbonyl (C=S) groups is 2. The molecule has 0 radical (unpaired) electrons. The molecule has 0 aromatic carbocycles. The predicted molar refractivity (Wildman–Crippen MR) is 65.2 cm³/mol. The Kier molecular flexibility index (Phi) is 4.77. The maximum absolute atomic E-state index is 11.3. The molecule has 1 unspecified atom stereocenters. The van der Waals surface area contributed by atoms with Crippen molar-refractivity contribution in [2.75, 3.05) is 14.1 Å². The van der Waals surface area contributed by atoms with Crippen molar-refractivity contribution in [3.63, 3.8) is 0 Å². The first kappa shape index (κ1) is 13.6. The molecule has 0 rings (SSSR count). The molecule has 0 aliphatic carbocycles. The van der Waals surface area contributed by atoms with Crippen LogP contribution in [0.2, 0.25) is 0 Å². The molecule has 80 valence electrons. The molecule has 0 spiro atoms. The second-order valence-electron chi connectivity index (χ2n) is 3.49. The summed E-state index contributed by atoms with van der Waals surface area (Å²) < 4.78 is 0. The van der Waals surface area contributed by atoms with Crippen molar-refractivity contribution in [1.82, 2.24) is 4.90 Å². The topological polar surface area (TPSA) is 40.5 Å². The van der Waals surface area contributed by atoms with Gasteiger partial charge < -0.3 is 5.11 Å². The van der Waals surface area contributed by atoms with Crippen LogP contribution in [-0.2, 0) is 4.79 Å². The molecule has 0 aromatic rings. The fourth-order valence-electron chi connectivity index (χ4n) is 1.38. The third-order valence-corrected chi connectivity index (χ3v) is 2.69. The van der Waals surface area contributed by atoms with Crippen LogP contribution in [-0.4, -0.2) is 45.3 Å². The average Bonchev–Trinajstić information content (AvgIpc) is 1.97. The monoisotopic (exact) mass is 233 g/mol. The van der Waals surface area contributed by atoms with Crippen LogP contribution in [0.3, 0.4) is 0 Å². The van der Waals surface area contributed by atoms with E-state index in [0.717, 1.165) is 0 Å². The quantitative estimate of drug-likeness (QED) is 0.729. The van der Waals surface area contributed by atoms with Crippen molar-refractivity contribution in [1.29, 1.82) is 0 Å². The van der Waals surface area contributed by atoms with Gasteiger partial charge in [-0.15, -0.1) is 0 Å². The Hall–Kier alpha value is -0.390. The molecule has 0 fully saturated rings. The third kappa shape index (κ3) is 2.56. The van der Waals surface area contributed by atoms with Crippen LogP contribution in [0.25, 0.3) is 0 Å². The van der Waals surface area contributed by atoms with E-state index in [1.807, 2.05) is 0 Å². The normalized spacial score (nSPS) is 14.9. The number of likely N-dealkylation sites (N-methyl/N-ethyl adjacent to an activating group) is 1. The molecule has 0 bridgehead atoms. The Morgan fingerprint density at radius 3 is 1.86 bits per heavy atom. The summed E-state index contributed by atoms with van der Waals surface area (Å²) in [6.07, 6.45) is 0.278. The maximum Gasteiger partial charge on any atom is 0.329 e. The highest BCUT2D eigenvalue weighted by molar-refractivity contribution is 7.81. The molecule has 5 heteroatoms. The second kappa shape index (κ2) is 4.91. The molecule has 1 N–H and O–H groups in total. The number of nitrogens with zero attached hydrogens (tertiary/aromatic N) is 1. The number of aliphatic carboxylic acids is 1.